The molecule has 0 radical (unpaired) electrons. The van der Waals surface area contributed by atoms with Gasteiger partial charge in [-0.2, -0.15) is 0 Å². The maximum absolute atomic E-state index is 11.0. The quantitative estimate of drug-likeness (QED) is 0.872. The molecule has 0 bridgehead atoms. The number of pyridine rings is 1. The van der Waals surface area contributed by atoms with Gasteiger partial charge in [-0.3, -0.25) is 4.98 Å². The van der Waals surface area contributed by atoms with Gasteiger partial charge >= 0.3 is 5.97 Å². The molecule has 0 unspecified atom stereocenters. The van der Waals surface area contributed by atoms with E-state index in [9.17, 15) is 9.90 Å². The van der Waals surface area contributed by atoms with E-state index in [1.807, 2.05) is 0 Å². The lowest BCUT2D eigenvalue weighted by Crippen LogP contribution is -1.98. The van der Waals surface area contributed by atoms with Crippen LogP contribution < -0.4 is 0 Å². The number of hydrogen-bond acceptors (Lipinski definition) is 4. The van der Waals surface area contributed by atoms with Gasteiger partial charge in [0, 0.05) is 22.2 Å². The number of phenolic OH excluding ortho intramolecular Hbond substituents is 1. The van der Waals surface area contributed by atoms with Crippen molar-refractivity contribution >= 4 is 17.7 Å². The predicted molar refractivity (Wildman–Crippen MR) is 63.4 cm³/mol. The predicted octanol–water partition coefficient (Wildman–Crippen LogP) is 2.64. The molecule has 1 aromatic heterocycles. The number of carboxylic acid groups (broad SMARTS) is 1. The second-order valence-electron chi connectivity index (χ2n) is 3.28. The van der Waals surface area contributed by atoms with Crippen LogP contribution in [0.25, 0.3) is 0 Å². The summed E-state index contributed by atoms with van der Waals surface area (Å²) >= 11 is 1.25. The van der Waals surface area contributed by atoms with Crippen LogP contribution in [0.1, 0.15) is 10.4 Å². The number of nitrogens with zero attached hydrogens (tertiary/aromatic N) is 1. The van der Waals surface area contributed by atoms with E-state index in [0.29, 0.717) is 4.90 Å². The summed E-state index contributed by atoms with van der Waals surface area (Å²) in [5.74, 6) is -0.842. The van der Waals surface area contributed by atoms with Crippen molar-refractivity contribution in [2.75, 3.05) is 0 Å². The minimum Gasteiger partial charge on any atom is -0.508 e. The molecule has 86 valence electrons. The molecule has 0 spiro atoms. The summed E-state index contributed by atoms with van der Waals surface area (Å²) in [5, 5.41) is 18.3. The minimum atomic E-state index is -0.991. The molecule has 0 saturated heterocycles. The highest BCUT2D eigenvalue weighted by molar-refractivity contribution is 7.99. The van der Waals surface area contributed by atoms with Gasteiger partial charge in [0.05, 0.1) is 5.56 Å². The van der Waals surface area contributed by atoms with Crippen molar-refractivity contribution in [1.82, 2.24) is 4.98 Å². The number of aromatic carboxylic acids is 1. The summed E-state index contributed by atoms with van der Waals surface area (Å²) in [7, 11) is 0. The lowest BCUT2D eigenvalue weighted by molar-refractivity contribution is 0.0693. The van der Waals surface area contributed by atoms with Gasteiger partial charge in [-0.1, -0.05) is 17.8 Å². The fraction of sp³-hybridized carbons (Fsp3) is 0. The Hall–Kier alpha value is -2.01. The lowest BCUT2D eigenvalue weighted by atomic mass is 10.3. The topological polar surface area (TPSA) is 70.4 Å². The molecule has 0 aliphatic heterocycles. The second kappa shape index (κ2) is 4.88. The first-order valence-electron chi connectivity index (χ1n) is 4.81. The van der Waals surface area contributed by atoms with E-state index in [2.05, 4.69) is 4.98 Å². The minimum absolute atomic E-state index is 0.149. The Kier molecular flexibility index (Phi) is 3.30. The molecule has 2 rings (SSSR count). The highest BCUT2D eigenvalue weighted by Gasteiger charge is 2.10. The van der Waals surface area contributed by atoms with Gasteiger partial charge in [0.1, 0.15) is 5.75 Å². The van der Waals surface area contributed by atoms with Gasteiger partial charge in [-0.25, -0.2) is 4.79 Å². The van der Waals surface area contributed by atoms with Gasteiger partial charge in [-0.05, 0) is 24.3 Å². The molecule has 0 amide bonds. The molecule has 0 fully saturated rings. The summed E-state index contributed by atoms with van der Waals surface area (Å²) in [6.45, 7) is 0. The Labute approximate surface area is 102 Å². The van der Waals surface area contributed by atoms with Gasteiger partial charge in [-0.15, -0.1) is 0 Å². The normalized spacial score (nSPS) is 10.1. The molecule has 0 atom stereocenters. The smallest absolute Gasteiger partial charge is 0.336 e. The van der Waals surface area contributed by atoms with Crippen LogP contribution in [0.2, 0.25) is 0 Å². The zero-order valence-corrected chi connectivity index (χ0v) is 9.52. The van der Waals surface area contributed by atoms with E-state index in [1.165, 1.54) is 30.2 Å². The van der Waals surface area contributed by atoms with Crippen molar-refractivity contribution in [2.45, 2.75) is 9.79 Å². The summed E-state index contributed by atoms with van der Waals surface area (Å²) < 4.78 is 0. The van der Waals surface area contributed by atoms with Crippen LogP contribution in [0.4, 0.5) is 0 Å². The summed E-state index contributed by atoms with van der Waals surface area (Å²) in [6, 6.07) is 8.08. The van der Waals surface area contributed by atoms with Crippen LogP contribution in [0.15, 0.2) is 52.5 Å². The Morgan fingerprint density at radius 3 is 2.82 bits per heavy atom. The van der Waals surface area contributed by atoms with Gasteiger partial charge in [0.2, 0.25) is 0 Å². The molecular formula is C12H9NO3S. The monoisotopic (exact) mass is 247 g/mol. The van der Waals surface area contributed by atoms with Crippen molar-refractivity contribution in [3.8, 4) is 5.75 Å². The van der Waals surface area contributed by atoms with Crippen LogP contribution in [0.3, 0.4) is 0 Å². The highest BCUT2D eigenvalue weighted by Crippen LogP contribution is 2.31. The fourth-order valence-electron chi connectivity index (χ4n) is 1.31. The standard InChI is InChI=1S/C12H9NO3S/c14-8-2-1-3-9(6-8)17-11-7-13-5-4-10(11)12(15)16/h1-7,14H,(H,15,16). The molecule has 5 heteroatoms. The third kappa shape index (κ3) is 2.76. The zero-order chi connectivity index (χ0) is 12.3. The Balaban J connectivity index is 2.33. The molecule has 1 heterocycles. The first kappa shape index (κ1) is 11.5. The van der Waals surface area contributed by atoms with Crippen LogP contribution >= 0.6 is 11.8 Å². The van der Waals surface area contributed by atoms with E-state index in [-0.39, 0.29) is 11.3 Å². The number of carboxylic acids is 1. The number of carbonyl (C=O) groups is 1. The van der Waals surface area contributed by atoms with Crippen LogP contribution in [-0.2, 0) is 0 Å². The fourth-order valence-corrected chi connectivity index (χ4v) is 2.27. The average Bonchev–Trinajstić information content (AvgIpc) is 2.29. The molecule has 0 aliphatic carbocycles. The van der Waals surface area contributed by atoms with Crippen molar-refractivity contribution in [2.24, 2.45) is 0 Å². The molecule has 0 saturated carbocycles. The molecule has 2 aromatic rings. The van der Waals surface area contributed by atoms with Crippen molar-refractivity contribution in [3.05, 3.63) is 48.3 Å². The number of rotatable bonds is 3. The van der Waals surface area contributed by atoms with E-state index >= 15 is 0 Å². The Morgan fingerprint density at radius 1 is 1.29 bits per heavy atom. The van der Waals surface area contributed by atoms with E-state index in [1.54, 1.807) is 24.3 Å². The third-order valence-corrected chi connectivity index (χ3v) is 3.10. The summed E-state index contributed by atoms with van der Waals surface area (Å²) in [5.41, 5.74) is 0.202. The van der Waals surface area contributed by atoms with Gasteiger partial charge in [0.25, 0.3) is 0 Å². The van der Waals surface area contributed by atoms with Crippen LogP contribution in [0, 0.1) is 0 Å². The second-order valence-corrected chi connectivity index (χ2v) is 4.39. The van der Waals surface area contributed by atoms with Crippen molar-refractivity contribution < 1.29 is 15.0 Å². The van der Waals surface area contributed by atoms with E-state index in [0.717, 1.165) is 4.90 Å². The van der Waals surface area contributed by atoms with Crippen molar-refractivity contribution in [1.29, 1.82) is 0 Å². The first-order valence-corrected chi connectivity index (χ1v) is 5.62. The number of aromatic nitrogens is 1. The molecule has 17 heavy (non-hydrogen) atoms. The van der Waals surface area contributed by atoms with Gasteiger partial charge < -0.3 is 10.2 Å². The molecular weight excluding hydrogens is 238 g/mol. The molecule has 4 nitrogen and oxygen atoms in total. The first-order chi connectivity index (χ1) is 8.16. The number of benzene rings is 1. The largest absolute Gasteiger partial charge is 0.508 e. The maximum Gasteiger partial charge on any atom is 0.336 e. The highest BCUT2D eigenvalue weighted by atomic mass is 32.2. The van der Waals surface area contributed by atoms with Crippen LogP contribution in [-0.4, -0.2) is 21.2 Å². The number of aromatic hydroxyl groups is 1. The van der Waals surface area contributed by atoms with Gasteiger partial charge in [0.15, 0.2) is 0 Å². The SMILES string of the molecule is O=C(O)c1ccncc1Sc1cccc(O)c1. The number of hydrogen-bond donors (Lipinski definition) is 2. The zero-order valence-electron chi connectivity index (χ0n) is 8.70. The summed E-state index contributed by atoms with van der Waals surface area (Å²) in [4.78, 5) is 16.2. The van der Waals surface area contributed by atoms with E-state index < -0.39 is 5.97 Å². The number of phenols is 1. The Morgan fingerprint density at radius 2 is 2.12 bits per heavy atom. The molecule has 2 N–H and O–H groups in total. The average molecular weight is 247 g/mol. The molecule has 0 aliphatic rings. The Bertz CT molecular complexity index is 557. The lowest BCUT2D eigenvalue weighted by Gasteiger charge is -2.04. The van der Waals surface area contributed by atoms with Crippen molar-refractivity contribution in [3.63, 3.8) is 0 Å². The summed E-state index contributed by atoms with van der Waals surface area (Å²) in [6.07, 6.45) is 2.94. The molecule has 1 aromatic carbocycles. The third-order valence-electron chi connectivity index (χ3n) is 2.06. The van der Waals surface area contributed by atoms with Crippen LogP contribution in [0.5, 0.6) is 5.75 Å². The maximum atomic E-state index is 11.0. The van der Waals surface area contributed by atoms with E-state index in [4.69, 9.17) is 5.11 Å².